The van der Waals surface area contributed by atoms with Crippen molar-refractivity contribution in [2.75, 3.05) is 26.4 Å². The van der Waals surface area contributed by atoms with Crippen LogP contribution in [0.5, 0.6) is 0 Å². The van der Waals surface area contributed by atoms with E-state index < -0.39 is 0 Å². The molecule has 4 rings (SSSR count). The highest BCUT2D eigenvalue weighted by Crippen LogP contribution is 2.58. The van der Waals surface area contributed by atoms with E-state index in [1.165, 1.54) is 19.3 Å². The lowest BCUT2D eigenvalue weighted by Gasteiger charge is -2.55. The minimum atomic E-state index is 0.338. The fourth-order valence-corrected chi connectivity index (χ4v) is 3.81. The molecule has 1 saturated carbocycles. The van der Waals surface area contributed by atoms with Gasteiger partial charge in [-0.15, -0.1) is 0 Å². The lowest BCUT2D eigenvalue weighted by Crippen LogP contribution is -2.47. The summed E-state index contributed by atoms with van der Waals surface area (Å²) in [5.41, 5.74) is 2.56. The van der Waals surface area contributed by atoms with E-state index >= 15 is 0 Å². The first-order valence-electron chi connectivity index (χ1n) is 7.91. The number of hydrogen-bond acceptors (Lipinski definition) is 2. The van der Waals surface area contributed by atoms with E-state index in [0.717, 1.165) is 44.7 Å². The maximum absolute atomic E-state index is 5.92. The Morgan fingerprint density at radius 3 is 2.63 bits per heavy atom. The van der Waals surface area contributed by atoms with Crippen LogP contribution in [0, 0.1) is 22.7 Å². The van der Waals surface area contributed by atoms with Gasteiger partial charge in [-0.05, 0) is 42.9 Å². The third kappa shape index (κ3) is 2.38. The van der Waals surface area contributed by atoms with E-state index in [0.29, 0.717) is 10.8 Å². The van der Waals surface area contributed by atoms with Crippen LogP contribution in [0.25, 0.3) is 0 Å². The molecule has 108 valence electrons. The van der Waals surface area contributed by atoms with E-state index in [2.05, 4.69) is 26.8 Å². The SMILES string of the molecule is CCC1(COCCC2=CC3CC(C2)C3(C)C)COC1. The zero-order chi connectivity index (χ0) is 13.5. The van der Waals surface area contributed by atoms with Crippen molar-refractivity contribution in [2.45, 2.75) is 46.5 Å². The van der Waals surface area contributed by atoms with Crippen molar-refractivity contribution in [1.29, 1.82) is 0 Å². The first-order valence-corrected chi connectivity index (χ1v) is 7.91. The van der Waals surface area contributed by atoms with Crippen molar-refractivity contribution in [3.05, 3.63) is 11.6 Å². The highest BCUT2D eigenvalue weighted by Gasteiger charge is 2.49. The summed E-state index contributed by atoms with van der Waals surface area (Å²) in [4.78, 5) is 0. The molecule has 0 radical (unpaired) electrons. The molecule has 2 bridgehead atoms. The Labute approximate surface area is 117 Å². The second-order valence-electron chi connectivity index (χ2n) is 7.54. The topological polar surface area (TPSA) is 18.5 Å². The van der Waals surface area contributed by atoms with Crippen molar-refractivity contribution in [1.82, 2.24) is 0 Å². The Morgan fingerprint density at radius 2 is 2.16 bits per heavy atom. The Bertz CT molecular complexity index is 360. The molecule has 1 aliphatic heterocycles. The van der Waals surface area contributed by atoms with Crippen molar-refractivity contribution in [3.63, 3.8) is 0 Å². The molecular weight excluding hydrogens is 236 g/mol. The molecular formula is C17H28O2. The van der Waals surface area contributed by atoms with Gasteiger partial charge in [0.2, 0.25) is 0 Å². The number of rotatable bonds is 6. The molecule has 1 heterocycles. The van der Waals surface area contributed by atoms with Gasteiger partial charge in [0, 0.05) is 5.41 Å². The van der Waals surface area contributed by atoms with E-state index in [9.17, 15) is 0 Å². The maximum Gasteiger partial charge on any atom is 0.0566 e. The van der Waals surface area contributed by atoms with Crippen LogP contribution in [0.3, 0.4) is 0 Å². The van der Waals surface area contributed by atoms with Crippen molar-refractivity contribution in [3.8, 4) is 0 Å². The van der Waals surface area contributed by atoms with Crippen LogP contribution in [-0.4, -0.2) is 26.4 Å². The van der Waals surface area contributed by atoms with Crippen LogP contribution in [-0.2, 0) is 9.47 Å². The summed E-state index contributed by atoms with van der Waals surface area (Å²) in [6.07, 6.45) is 7.60. The van der Waals surface area contributed by atoms with Gasteiger partial charge in [0.05, 0.1) is 26.4 Å². The summed E-state index contributed by atoms with van der Waals surface area (Å²) in [6.45, 7) is 10.7. The molecule has 2 unspecified atom stereocenters. The fourth-order valence-electron chi connectivity index (χ4n) is 3.81. The molecule has 2 atom stereocenters. The largest absolute Gasteiger partial charge is 0.380 e. The first-order chi connectivity index (χ1) is 9.06. The average Bonchev–Trinajstić information content (AvgIpc) is 2.37. The quantitative estimate of drug-likeness (QED) is 0.536. The minimum Gasteiger partial charge on any atom is -0.380 e. The molecule has 19 heavy (non-hydrogen) atoms. The zero-order valence-corrected chi connectivity index (χ0v) is 12.7. The van der Waals surface area contributed by atoms with Crippen LogP contribution >= 0.6 is 0 Å². The normalized spacial score (nSPS) is 34.2. The molecule has 1 saturated heterocycles. The van der Waals surface area contributed by atoms with Crippen LogP contribution in [0.4, 0.5) is 0 Å². The van der Waals surface area contributed by atoms with Gasteiger partial charge in [0.15, 0.2) is 0 Å². The predicted molar refractivity (Wildman–Crippen MR) is 77.1 cm³/mol. The Kier molecular flexibility index (Phi) is 3.51. The summed E-state index contributed by atoms with van der Waals surface area (Å²) in [5.74, 6) is 1.77. The number of hydrogen-bond donors (Lipinski definition) is 0. The van der Waals surface area contributed by atoms with Gasteiger partial charge in [-0.25, -0.2) is 0 Å². The fraction of sp³-hybridized carbons (Fsp3) is 0.882. The van der Waals surface area contributed by atoms with Crippen molar-refractivity contribution in [2.24, 2.45) is 22.7 Å². The Hall–Kier alpha value is -0.340. The summed E-state index contributed by atoms with van der Waals surface area (Å²) in [7, 11) is 0. The molecule has 0 aromatic heterocycles. The lowest BCUT2D eigenvalue weighted by molar-refractivity contribution is -0.150. The molecule has 2 fully saturated rings. The molecule has 3 aliphatic carbocycles. The van der Waals surface area contributed by atoms with Crippen LogP contribution in [0.1, 0.15) is 46.5 Å². The van der Waals surface area contributed by atoms with Gasteiger partial charge in [0.25, 0.3) is 0 Å². The highest BCUT2D eigenvalue weighted by atomic mass is 16.5. The van der Waals surface area contributed by atoms with Gasteiger partial charge >= 0.3 is 0 Å². The highest BCUT2D eigenvalue weighted by molar-refractivity contribution is 5.21. The van der Waals surface area contributed by atoms with Gasteiger partial charge in [-0.1, -0.05) is 32.4 Å². The second kappa shape index (κ2) is 4.89. The lowest BCUT2D eigenvalue weighted by atomic mass is 9.50. The maximum atomic E-state index is 5.92. The molecule has 2 nitrogen and oxygen atoms in total. The van der Waals surface area contributed by atoms with E-state index in [4.69, 9.17) is 9.47 Å². The summed E-state index contributed by atoms with van der Waals surface area (Å²) >= 11 is 0. The van der Waals surface area contributed by atoms with Gasteiger partial charge in [-0.3, -0.25) is 0 Å². The monoisotopic (exact) mass is 264 g/mol. The molecule has 2 heteroatoms. The number of allylic oxidation sites excluding steroid dienone is 1. The Balaban J connectivity index is 1.40. The van der Waals surface area contributed by atoms with Gasteiger partial charge < -0.3 is 9.47 Å². The zero-order valence-electron chi connectivity index (χ0n) is 12.7. The van der Waals surface area contributed by atoms with E-state index in [-0.39, 0.29) is 0 Å². The minimum absolute atomic E-state index is 0.338. The molecule has 0 aromatic carbocycles. The molecule has 0 aromatic rings. The second-order valence-corrected chi connectivity index (χ2v) is 7.54. The van der Waals surface area contributed by atoms with Crippen LogP contribution in [0.15, 0.2) is 11.6 Å². The summed E-state index contributed by atoms with van der Waals surface area (Å²) in [5, 5.41) is 0. The smallest absolute Gasteiger partial charge is 0.0566 e. The van der Waals surface area contributed by atoms with E-state index in [1.54, 1.807) is 5.57 Å². The van der Waals surface area contributed by atoms with E-state index in [1.807, 2.05) is 0 Å². The third-order valence-electron chi connectivity index (χ3n) is 6.03. The standard InChI is InChI=1S/C17H28O2/c1-4-17(11-19-12-17)10-18-6-5-13-7-14-9-15(8-13)16(14,2)3/h7,14-15H,4-6,8-12H2,1-3H3. The van der Waals surface area contributed by atoms with Crippen LogP contribution in [0.2, 0.25) is 0 Å². The Morgan fingerprint density at radius 1 is 1.37 bits per heavy atom. The molecule has 0 spiro atoms. The van der Waals surface area contributed by atoms with Crippen LogP contribution < -0.4 is 0 Å². The molecule has 4 aliphatic rings. The summed E-state index contributed by atoms with van der Waals surface area (Å²) in [6, 6.07) is 0. The molecule has 0 N–H and O–H groups in total. The average molecular weight is 264 g/mol. The van der Waals surface area contributed by atoms with Gasteiger partial charge in [0.1, 0.15) is 0 Å². The van der Waals surface area contributed by atoms with Crippen molar-refractivity contribution >= 4 is 0 Å². The first kappa shape index (κ1) is 13.6. The number of fused-ring (bicyclic) bond motifs is 1. The predicted octanol–water partition coefficient (Wildman–Crippen LogP) is 3.81. The van der Waals surface area contributed by atoms with Crippen molar-refractivity contribution < 1.29 is 9.47 Å². The molecule has 0 amide bonds. The number of ether oxygens (including phenoxy) is 2. The summed E-state index contributed by atoms with van der Waals surface area (Å²) < 4.78 is 11.2. The van der Waals surface area contributed by atoms with Gasteiger partial charge in [-0.2, -0.15) is 0 Å². The third-order valence-corrected chi connectivity index (χ3v) is 6.03.